The molecule has 0 saturated carbocycles. The zero-order valence-electron chi connectivity index (χ0n) is 10.3. The smallest absolute Gasteiger partial charge is 0.240 e. The molecule has 6 heteroatoms. The van der Waals surface area contributed by atoms with E-state index in [0.717, 1.165) is 19.4 Å². The van der Waals surface area contributed by atoms with Crippen molar-refractivity contribution in [3.8, 4) is 0 Å². The molecule has 1 amide bonds. The number of aliphatic hydroxyl groups excluding tert-OH is 1. The summed E-state index contributed by atoms with van der Waals surface area (Å²) in [5.74, 6) is 0.480. The Labute approximate surface area is 112 Å². The molecule has 1 aromatic rings. The van der Waals surface area contributed by atoms with Gasteiger partial charge < -0.3 is 20.2 Å². The summed E-state index contributed by atoms with van der Waals surface area (Å²) in [7, 11) is 0. The van der Waals surface area contributed by atoms with Crippen molar-refractivity contribution in [2.75, 3.05) is 13.2 Å². The Morgan fingerprint density at radius 1 is 1.72 bits per heavy atom. The SMILES string of the molecule is CC1(C(=O)NC(CO)c2ccco2)CCCN1.Cl. The Kier molecular flexibility index (Phi) is 5.19. The molecule has 0 radical (unpaired) electrons. The van der Waals surface area contributed by atoms with Crippen LogP contribution in [-0.4, -0.2) is 29.7 Å². The van der Waals surface area contributed by atoms with Gasteiger partial charge >= 0.3 is 0 Å². The van der Waals surface area contributed by atoms with Crippen molar-refractivity contribution in [3.63, 3.8) is 0 Å². The van der Waals surface area contributed by atoms with E-state index in [2.05, 4.69) is 10.6 Å². The first-order valence-corrected chi connectivity index (χ1v) is 5.86. The molecule has 102 valence electrons. The molecule has 0 aromatic carbocycles. The van der Waals surface area contributed by atoms with Crippen LogP contribution in [0.1, 0.15) is 31.6 Å². The highest BCUT2D eigenvalue weighted by atomic mass is 35.5. The number of amides is 1. The van der Waals surface area contributed by atoms with Crippen LogP contribution in [0, 0.1) is 0 Å². The molecule has 1 aromatic heterocycles. The van der Waals surface area contributed by atoms with E-state index in [1.54, 1.807) is 12.1 Å². The molecule has 2 rings (SSSR count). The van der Waals surface area contributed by atoms with Gasteiger partial charge in [0.2, 0.25) is 5.91 Å². The van der Waals surface area contributed by atoms with Gasteiger partial charge in [-0.15, -0.1) is 12.4 Å². The second-order valence-corrected chi connectivity index (χ2v) is 4.59. The Hall–Kier alpha value is -1.04. The van der Waals surface area contributed by atoms with Crippen LogP contribution in [0.25, 0.3) is 0 Å². The normalized spacial score (nSPS) is 24.3. The second kappa shape index (κ2) is 6.22. The first-order valence-electron chi connectivity index (χ1n) is 5.86. The maximum atomic E-state index is 12.1. The Morgan fingerprint density at radius 2 is 2.50 bits per heavy atom. The number of rotatable bonds is 4. The van der Waals surface area contributed by atoms with Crippen LogP contribution < -0.4 is 10.6 Å². The number of nitrogens with one attached hydrogen (secondary N) is 2. The molecule has 1 aliphatic rings. The monoisotopic (exact) mass is 274 g/mol. The molecule has 0 bridgehead atoms. The minimum atomic E-state index is -0.528. The zero-order chi connectivity index (χ0) is 12.3. The second-order valence-electron chi connectivity index (χ2n) is 4.59. The lowest BCUT2D eigenvalue weighted by Crippen LogP contribution is -2.52. The van der Waals surface area contributed by atoms with Crippen molar-refractivity contribution in [2.45, 2.75) is 31.3 Å². The van der Waals surface area contributed by atoms with E-state index in [1.807, 2.05) is 6.92 Å². The molecule has 18 heavy (non-hydrogen) atoms. The van der Waals surface area contributed by atoms with Gasteiger partial charge in [0.1, 0.15) is 11.8 Å². The number of furan rings is 1. The highest BCUT2D eigenvalue weighted by Gasteiger charge is 2.37. The minimum absolute atomic E-state index is 0. The lowest BCUT2D eigenvalue weighted by Gasteiger charge is -2.25. The molecule has 1 saturated heterocycles. The molecular weight excluding hydrogens is 256 g/mol. The molecule has 1 aliphatic heterocycles. The third-order valence-corrected chi connectivity index (χ3v) is 3.24. The summed E-state index contributed by atoms with van der Waals surface area (Å²) in [6.07, 6.45) is 3.34. The van der Waals surface area contributed by atoms with E-state index < -0.39 is 11.6 Å². The Balaban J connectivity index is 0.00000162. The van der Waals surface area contributed by atoms with Crippen LogP contribution in [0.4, 0.5) is 0 Å². The summed E-state index contributed by atoms with van der Waals surface area (Å²) in [4.78, 5) is 12.1. The Morgan fingerprint density at radius 3 is 3.00 bits per heavy atom. The standard InChI is InChI=1S/C12H18N2O3.ClH/c1-12(5-3-6-13-12)11(16)14-9(8-15)10-4-2-7-17-10;/h2,4,7,9,13,15H,3,5-6,8H2,1H3,(H,14,16);1H. The lowest BCUT2D eigenvalue weighted by molar-refractivity contribution is -0.127. The molecular formula is C12H19ClN2O3. The summed E-state index contributed by atoms with van der Waals surface area (Å²) in [5.41, 5.74) is -0.528. The number of hydrogen-bond acceptors (Lipinski definition) is 4. The van der Waals surface area contributed by atoms with E-state index in [0.29, 0.717) is 5.76 Å². The predicted molar refractivity (Wildman–Crippen MR) is 69.6 cm³/mol. The van der Waals surface area contributed by atoms with Crippen LogP contribution in [0.15, 0.2) is 22.8 Å². The maximum absolute atomic E-state index is 12.1. The first kappa shape index (κ1) is 15.0. The topological polar surface area (TPSA) is 74.5 Å². The number of carbonyl (C=O) groups is 1. The quantitative estimate of drug-likeness (QED) is 0.766. The van der Waals surface area contributed by atoms with Crippen LogP contribution in [-0.2, 0) is 4.79 Å². The summed E-state index contributed by atoms with van der Waals surface area (Å²) in [5, 5.41) is 15.3. The van der Waals surface area contributed by atoms with Crippen LogP contribution in [0.5, 0.6) is 0 Å². The van der Waals surface area contributed by atoms with Gasteiger partial charge in [-0.1, -0.05) is 0 Å². The highest BCUT2D eigenvalue weighted by Crippen LogP contribution is 2.21. The van der Waals surface area contributed by atoms with Crippen molar-refractivity contribution < 1.29 is 14.3 Å². The van der Waals surface area contributed by atoms with E-state index in [9.17, 15) is 9.90 Å². The van der Waals surface area contributed by atoms with Gasteiger partial charge in [-0.3, -0.25) is 4.79 Å². The van der Waals surface area contributed by atoms with E-state index >= 15 is 0 Å². The Bertz CT molecular complexity index is 375. The van der Waals surface area contributed by atoms with Crippen molar-refractivity contribution in [3.05, 3.63) is 24.2 Å². The van der Waals surface area contributed by atoms with Crippen LogP contribution >= 0.6 is 12.4 Å². The average molecular weight is 275 g/mol. The van der Waals surface area contributed by atoms with Gasteiger partial charge in [-0.2, -0.15) is 0 Å². The summed E-state index contributed by atoms with van der Waals surface area (Å²) < 4.78 is 5.19. The predicted octanol–water partition coefficient (Wildman–Crippen LogP) is 0.993. The third-order valence-electron chi connectivity index (χ3n) is 3.24. The number of halogens is 1. The molecule has 2 atom stereocenters. The lowest BCUT2D eigenvalue weighted by atomic mass is 9.98. The van der Waals surface area contributed by atoms with E-state index in [1.165, 1.54) is 6.26 Å². The fraction of sp³-hybridized carbons (Fsp3) is 0.583. The number of aliphatic hydroxyl groups is 1. The largest absolute Gasteiger partial charge is 0.467 e. The van der Waals surface area contributed by atoms with Crippen molar-refractivity contribution >= 4 is 18.3 Å². The van der Waals surface area contributed by atoms with E-state index in [4.69, 9.17) is 4.42 Å². The molecule has 0 spiro atoms. The fourth-order valence-electron chi connectivity index (χ4n) is 2.10. The number of hydrogen-bond donors (Lipinski definition) is 3. The molecule has 0 aliphatic carbocycles. The maximum Gasteiger partial charge on any atom is 0.240 e. The minimum Gasteiger partial charge on any atom is -0.467 e. The molecule has 2 heterocycles. The third kappa shape index (κ3) is 3.04. The van der Waals surface area contributed by atoms with Crippen molar-refractivity contribution in [1.29, 1.82) is 0 Å². The van der Waals surface area contributed by atoms with E-state index in [-0.39, 0.29) is 24.9 Å². The average Bonchev–Trinajstić information content (AvgIpc) is 2.97. The fourth-order valence-corrected chi connectivity index (χ4v) is 2.10. The van der Waals surface area contributed by atoms with Crippen LogP contribution in [0.3, 0.4) is 0 Å². The van der Waals surface area contributed by atoms with Crippen LogP contribution in [0.2, 0.25) is 0 Å². The molecule has 2 unspecified atom stereocenters. The summed E-state index contributed by atoms with van der Waals surface area (Å²) in [6, 6.07) is 3.00. The highest BCUT2D eigenvalue weighted by molar-refractivity contribution is 5.86. The molecule has 1 fully saturated rings. The first-order chi connectivity index (χ1) is 8.15. The van der Waals surface area contributed by atoms with Gasteiger partial charge in [-0.25, -0.2) is 0 Å². The van der Waals surface area contributed by atoms with Gasteiger partial charge in [0.05, 0.1) is 18.4 Å². The van der Waals surface area contributed by atoms with Gasteiger partial charge in [-0.05, 0) is 38.4 Å². The van der Waals surface area contributed by atoms with Gasteiger partial charge in [0.25, 0.3) is 0 Å². The summed E-state index contributed by atoms with van der Waals surface area (Å²) in [6.45, 7) is 2.57. The number of carbonyl (C=O) groups excluding carboxylic acids is 1. The van der Waals surface area contributed by atoms with Gasteiger partial charge in [0, 0.05) is 0 Å². The zero-order valence-corrected chi connectivity index (χ0v) is 11.1. The molecule has 5 nitrogen and oxygen atoms in total. The van der Waals surface area contributed by atoms with Gasteiger partial charge in [0.15, 0.2) is 0 Å². The molecule has 3 N–H and O–H groups in total. The van der Waals surface area contributed by atoms with Crippen molar-refractivity contribution in [1.82, 2.24) is 10.6 Å². The van der Waals surface area contributed by atoms with Crippen molar-refractivity contribution in [2.24, 2.45) is 0 Å². The summed E-state index contributed by atoms with van der Waals surface area (Å²) >= 11 is 0.